The number of fused-ring (bicyclic) bond motifs is 1. The lowest BCUT2D eigenvalue weighted by atomic mass is 10.1. The summed E-state index contributed by atoms with van der Waals surface area (Å²) in [5.74, 6) is 0. The Balaban J connectivity index is 2.15. The van der Waals surface area contributed by atoms with E-state index in [2.05, 4.69) is 9.97 Å². The molecule has 0 aliphatic carbocycles. The first-order valence-electron chi connectivity index (χ1n) is 6.08. The van der Waals surface area contributed by atoms with Crippen molar-refractivity contribution >= 4 is 39.8 Å². The molecular formula is C15H12ClN3S. The minimum absolute atomic E-state index is 0.647. The standard InChI is InChI=1S/C15H12ClN3S/c1-9-7-10-11(8-19-9)13(17)4-5-14(10)20-15-12(16)3-2-6-18-15/h2-8H,17H2,1H3. The summed E-state index contributed by atoms with van der Waals surface area (Å²) in [6.45, 7) is 1.96. The average Bonchev–Trinajstić information content (AvgIpc) is 2.44. The number of aryl methyl sites for hydroxylation is 1. The van der Waals surface area contributed by atoms with Crippen LogP contribution in [0.2, 0.25) is 5.02 Å². The first kappa shape index (κ1) is 13.2. The number of anilines is 1. The number of nitrogens with zero attached hydrogens (tertiary/aromatic N) is 2. The molecular weight excluding hydrogens is 290 g/mol. The summed E-state index contributed by atoms with van der Waals surface area (Å²) < 4.78 is 0. The maximum Gasteiger partial charge on any atom is 0.119 e. The molecule has 0 saturated carbocycles. The Morgan fingerprint density at radius 2 is 2.00 bits per heavy atom. The van der Waals surface area contributed by atoms with Crippen LogP contribution < -0.4 is 5.73 Å². The number of halogens is 1. The Kier molecular flexibility index (Phi) is 3.51. The van der Waals surface area contributed by atoms with Crippen LogP contribution in [0.4, 0.5) is 5.69 Å². The first-order chi connectivity index (χ1) is 9.65. The van der Waals surface area contributed by atoms with Gasteiger partial charge in [0, 0.05) is 39.4 Å². The molecule has 0 aliphatic heterocycles. The van der Waals surface area contributed by atoms with Crippen LogP contribution in [-0.2, 0) is 0 Å². The number of nitrogen functional groups attached to an aromatic ring is 1. The van der Waals surface area contributed by atoms with Crippen LogP contribution in [0, 0.1) is 6.92 Å². The van der Waals surface area contributed by atoms with Gasteiger partial charge in [0.05, 0.1) is 5.02 Å². The zero-order valence-corrected chi connectivity index (χ0v) is 12.4. The third-order valence-electron chi connectivity index (χ3n) is 2.96. The smallest absolute Gasteiger partial charge is 0.119 e. The summed E-state index contributed by atoms with van der Waals surface area (Å²) in [5.41, 5.74) is 7.69. The Morgan fingerprint density at radius 3 is 2.80 bits per heavy atom. The highest BCUT2D eigenvalue weighted by molar-refractivity contribution is 7.99. The van der Waals surface area contributed by atoms with Crippen molar-refractivity contribution in [3.05, 3.63) is 53.4 Å². The van der Waals surface area contributed by atoms with Gasteiger partial charge in [-0.15, -0.1) is 0 Å². The fourth-order valence-electron chi connectivity index (χ4n) is 1.98. The fourth-order valence-corrected chi connectivity index (χ4v) is 3.12. The molecule has 0 atom stereocenters. The van der Waals surface area contributed by atoms with E-state index >= 15 is 0 Å². The Labute approximate surface area is 126 Å². The molecule has 0 unspecified atom stereocenters. The molecule has 2 N–H and O–H groups in total. The maximum atomic E-state index is 6.17. The molecule has 2 aromatic heterocycles. The first-order valence-corrected chi connectivity index (χ1v) is 7.28. The van der Waals surface area contributed by atoms with E-state index < -0.39 is 0 Å². The summed E-state index contributed by atoms with van der Waals surface area (Å²) in [5, 5.41) is 3.46. The maximum absolute atomic E-state index is 6.17. The van der Waals surface area contributed by atoms with E-state index in [-0.39, 0.29) is 0 Å². The number of aromatic nitrogens is 2. The number of rotatable bonds is 2. The molecule has 0 amide bonds. The van der Waals surface area contributed by atoms with Crippen LogP contribution in [0.5, 0.6) is 0 Å². The summed E-state index contributed by atoms with van der Waals surface area (Å²) in [6, 6.07) is 9.57. The molecule has 0 aliphatic rings. The number of benzene rings is 1. The van der Waals surface area contributed by atoms with E-state index in [9.17, 15) is 0 Å². The van der Waals surface area contributed by atoms with E-state index in [1.807, 2.05) is 43.5 Å². The van der Waals surface area contributed by atoms with Crippen molar-refractivity contribution in [2.45, 2.75) is 16.8 Å². The SMILES string of the molecule is Cc1cc2c(Sc3ncccc3Cl)ccc(N)c2cn1. The Hall–Kier alpha value is -1.78. The van der Waals surface area contributed by atoms with Gasteiger partial charge in [0.1, 0.15) is 5.03 Å². The predicted molar refractivity (Wildman–Crippen MR) is 84.3 cm³/mol. The van der Waals surface area contributed by atoms with Crippen molar-refractivity contribution in [1.29, 1.82) is 0 Å². The molecule has 2 heterocycles. The van der Waals surface area contributed by atoms with E-state index in [0.717, 1.165) is 32.1 Å². The van der Waals surface area contributed by atoms with Crippen molar-refractivity contribution in [3.63, 3.8) is 0 Å². The lowest BCUT2D eigenvalue weighted by molar-refractivity contribution is 1.13. The molecule has 0 saturated heterocycles. The zero-order valence-electron chi connectivity index (χ0n) is 10.8. The third-order valence-corrected chi connectivity index (χ3v) is 4.47. The number of nitrogens with two attached hydrogens (primary N) is 1. The van der Waals surface area contributed by atoms with Crippen LogP contribution >= 0.6 is 23.4 Å². The molecule has 0 spiro atoms. The van der Waals surface area contributed by atoms with E-state index in [1.54, 1.807) is 6.20 Å². The third kappa shape index (κ3) is 2.44. The lowest BCUT2D eigenvalue weighted by Crippen LogP contribution is -1.91. The van der Waals surface area contributed by atoms with E-state index in [4.69, 9.17) is 17.3 Å². The average molecular weight is 302 g/mol. The Bertz CT molecular complexity index is 789. The second-order valence-electron chi connectivity index (χ2n) is 4.42. The summed E-state index contributed by atoms with van der Waals surface area (Å²) in [6.07, 6.45) is 3.55. The predicted octanol–water partition coefficient (Wildman–Crippen LogP) is 4.33. The second kappa shape index (κ2) is 5.31. The van der Waals surface area contributed by atoms with E-state index in [0.29, 0.717) is 5.02 Å². The Morgan fingerprint density at radius 1 is 1.15 bits per heavy atom. The number of hydrogen-bond acceptors (Lipinski definition) is 4. The van der Waals surface area contributed by atoms with Crippen molar-refractivity contribution in [2.24, 2.45) is 0 Å². The number of hydrogen-bond donors (Lipinski definition) is 1. The van der Waals surface area contributed by atoms with Crippen LogP contribution in [0.3, 0.4) is 0 Å². The van der Waals surface area contributed by atoms with Crippen molar-refractivity contribution < 1.29 is 0 Å². The monoisotopic (exact) mass is 301 g/mol. The molecule has 0 fully saturated rings. The molecule has 5 heteroatoms. The molecule has 100 valence electrons. The van der Waals surface area contributed by atoms with Crippen molar-refractivity contribution in [1.82, 2.24) is 9.97 Å². The molecule has 3 rings (SSSR count). The largest absolute Gasteiger partial charge is 0.398 e. The van der Waals surface area contributed by atoms with Crippen LogP contribution in [0.25, 0.3) is 10.8 Å². The molecule has 20 heavy (non-hydrogen) atoms. The summed E-state index contributed by atoms with van der Waals surface area (Å²) in [7, 11) is 0. The minimum Gasteiger partial charge on any atom is -0.398 e. The van der Waals surface area contributed by atoms with Gasteiger partial charge in [-0.05, 0) is 37.3 Å². The normalized spacial score (nSPS) is 10.9. The van der Waals surface area contributed by atoms with Gasteiger partial charge in [-0.3, -0.25) is 4.98 Å². The van der Waals surface area contributed by atoms with Gasteiger partial charge >= 0.3 is 0 Å². The molecule has 1 aromatic carbocycles. The van der Waals surface area contributed by atoms with Gasteiger partial charge in [0.15, 0.2) is 0 Å². The molecule has 0 bridgehead atoms. The van der Waals surface area contributed by atoms with Crippen molar-refractivity contribution in [3.8, 4) is 0 Å². The fraction of sp³-hybridized carbons (Fsp3) is 0.0667. The van der Waals surface area contributed by atoms with Gasteiger partial charge in [0.2, 0.25) is 0 Å². The van der Waals surface area contributed by atoms with Gasteiger partial charge in [0.25, 0.3) is 0 Å². The molecule has 0 radical (unpaired) electrons. The van der Waals surface area contributed by atoms with Crippen LogP contribution in [0.1, 0.15) is 5.69 Å². The number of pyridine rings is 2. The lowest BCUT2D eigenvalue weighted by Gasteiger charge is -2.09. The summed E-state index contributed by atoms with van der Waals surface area (Å²) >= 11 is 7.70. The van der Waals surface area contributed by atoms with Crippen LogP contribution in [0.15, 0.2) is 52.6 Å². The van der Waals surface area contributed by atoms with Crippen LogP contribution in [-0.4, -0.2) is 9.97 Å². The zero-order chi connectivity index (χ0) is 14.1. The second-order valence-corrected chi connectivity index (χ2v) is 5.85. The van der Waals surface area contributed by atoms with E-state index in [1.165, 1.54) is 11.8 Å². The van der Waals surface area contributed by atoms with Gasteiger partial charge in [-0.2, -0.15) is 0 Å². The van der Waals surface area contributed by atoms with Gasteiger partial charge in [-0.1, -0.05) is 23.4 Å². The van der Waals surface area contributed by atoms with Gasteiger partial charge < -0.3 is 5.73 Å². The van der Waals surface area contributed by atoms with Crippen molar-refractivity contribution in [2.75, 3.05) is 5.73 Å². The quantitative estimate of drug-likeness (QED) is 0.716. The molecule has 3 nitrogen and oxygen atoms in total. The molecule has 3 aromatic rings. The van der Waals surface area contributed by atoms with Gasteiger partial charge in [-0.25, -0.2) is 4.98 Å². The topological polar surface area (TPSA) is 51.8 Å². The highest BCUT2D eigenvalue weighted by atomic mass is 35.5. The highest BCUT2D eigenvalue weighted by Crippen LogP contribution is 2.37. The minimum atomic E-state index is 0.647. The summed E-state index contributed by atoms with van der Waals surface area (Å²) in [4.78, 5) is 9.68. The highest BCUT2D eigenvalue weighted by Gasteiger charge is 2.09.